The highest BCUT2D eigenvalue weighted by atomic mass is 16.2. The Bertz CT molecular complexity index is 1250. The van der Waals surface area contributed by atoms with Gasteiger partial charge in [0, 0.05) is 34.2 Å². The SMILES string of the molecule is CCc1cc(=O)[nH]c2cc(NC(=O)C(=O)c3c[nH]c4ccccc34)ccc12. The third-order valence-corrected chi connectivity index (χ3v) is 4.61. The van der Waals surface area contributed by atoms with Crippen molar-refractivity contribution in [1.29, 1.82) is 0 Å². The number of aromatic amines is 2. The predicted octanol–water partition coefficient (Wildman–Crippen LogP) is 3.39. The standard InChI is InChI=1S/C21H17N3O3/c1-2-12-9-19(25)24-18-10-13(7-8-14(12)18)23-21(27)20(26)16-11-22-17-6-4-3-5-15(16)17/h3-11,22H,2H2,1H3,(H,23,27)(H,24,25). The summed E-state index contributed by atoms with van der Waals surface area (Å²) >= 11 is 0. The molecule has 0 aliphatic carbocycles. The molecule has 2 heterocycles. The molecule has 4 aromatic rings. The van der Waals surface area contributed by atoms with Gasteiger partial charge in [0.05, 0.1) is 11.1 Å². The zero-order valence-corrected chi connectivity index (χ0v) is 14.6. The van der Waals surface area contributed by atoms with Crippen molar-refractivity contribution >= 4 is 39.2 Å². The number of carbonyl (C=O) groups is 2. The van der Waals surface area contributed by atoms with Crippen LogP contribution in [0.2, 0.25) is 0 Å². The topological polar surface area (TPSA) is 94.8 Å². The Morgan fingerprint density at radius 1 is 1.00 bits per heavy atom. The van der Waals surface area contributed by atoms with Crippen LogP contribution in [0, 0.1) is 0 Å². The van der Waals surface area contributed by atoms with Crippen molar-refractivity contribution in [2.75, 3.05) is 5.32 Å². The maximum atomic E-state index is 12.6. The Labute approximate surface area is 154 Å². The zero-order valence-electron chi connectivity index (χ0n) is 14.6. The fourth-order valence-electron chi connectivity index (χ4n) is 3.27. The van der Waals surface area contributed by atoms with Gasteiger partial charge in [0.25, 0.3) is 11.7 Å². The molecule has 0 unspecified atom stereocenters. The summed E-state index contributed by atoms with van der Waals surface area (Å²) in [7, 11) is 0. The first-order valence-corrected chi connectivity index (χ1v) is 8.64. The fourth-order valence-corrected chi connectivity index (χ4v) is 3.27. The predicted molar refractivity (Wildman–Crippen MR) is 105 cm³/mol. The Balaban J connectivity index is 1.64. The molecule has 0 atom stereocenters. The van der Waals surface area contributed by atoms with E-state index >= 15 is 0 Å². The number of H-pyrrole nitrogens is 2. The maximum absolute atomic E-state index is 12.6. The summed E-state index contributed by atoms with van der Waals surface area (Å²) in [5, 5.41) is 4.24. The van der Waals surface area contributed by atoms with Gasteiger partial charge in [-0.05, 0) is 30.2 Å². The van der Waals surface area contributed by atoms with Crippen molar-refractivity contribution in [2.24, 2.45) is 0 Å². The van der Waals surface area contributed by atoms with Crippen molar-refractivity contribution in [1.82, 2.24) is 9.97 Å². The zero-order chi connectivity index (χ0) is 19.0. The fraction of sp³-hybridized carbons (Fsp3) is 0.0952. The molecule has 6 heteroatoms. The normalized spacial score (nSPS) is 11.0. The number of amides is 1. The van der Waals surface area contributed by atoms with Gasteiger partial charge in [-0.3, -0.25) is 14.4 Å². The van der Waals surface area contributed by atoms with Crippen molar-refractivity contribution in [3.8, 4) is 0 Å². The molecule has 3 N–H and O–H groups in total. The van der Waals surface area contributed by atoms with E-state index in [1.54, 1.807) is 24.3 Å². The molecule has 0 bridgehead atoms. The van der Waals surface area contributed by atoms with Gasteiger partial charge in [-0.25, -0.2) is 0 Å². The van der Waals surface area contributed by atoms with Gasteiger partial charge < -0.3 is 15.3 Å². The highest BCUT2D eigenvalue weighted by Crippen LogP contribution is 2.22. The van der Waals surface area contributed by atoms with E-state index in [2.05, 4.69) is 15.3 Å². The lowest BCUT2D eigenvalue weighted by Gasteiger charge is -2.08. The maximum Gasteiger partial charge on any atom is 0.296 e. The molecule has 0 saturated heterocycles. The molecule has 0 aliphatic heterocycles. The van der Waals surface area contributed by atoms with Crippen LogP contribution in [-0.4, -0.2) is 21.7 Å². The van der Waals surface area contributed by atoms with Crippen molar-refractivity contribution in [2.45, 2.75) is 13.3 Å². The molecular weight excluding hydrogens is 342 g/mol. The lowest BCUT2D eigenvalue weighted by Crippen LogP contribution is -2.22. The number of para-hydroxylation sites is 1. The Kier molecular flexibility index (Phi) is 4.08. The van der Waals surface area contributed by atoms with Crippen LogP contribution in [0.5, 0.6) is 0 Å². The van der Waals surface area contributed by atoms with E-state index in [0.29, 0.717) is 22.2 Å². The van der Waals surface area contributed by atoms with E-state index in [-0.39, 0.29) is 5.56 Å². The summed E-state index contributed by atoms with van der Waals surface area (Å²) in [6, 6.07) is 14.1. The highest BCUT2D eigenvalue weighted by Gasteiger charge is 2.20. The van der Waals surface area contributed by atoms with E-state index in [1.165, 1.54) is 6.20 Å². The number of anilines is 1. The number of hydrogen-bond acceptors (Lipinski definition) is 3. The molecule has 1 amide bonds. The minimum Gasteiger partial charge on any atom is -0.360 e. The van der Waals surface area contributed by atoms with Gasteiger partial charge in [-0.15, -0.1) is 0 Å². The molecule has 27 heavy (non-hydrogen) atoms. The highest BCUT2D eigenvalue weighted by molar-refractivity contribution is 6.48. The lowest BCUT2D eigenvalue weighted by atomic mass is 10.1. The second-order valence-corrected chi connectivity index (χ2v) is 6.30. The Morgan fingerprint density at radius 2 is 1.81 bits per heavy atom. The molecule has 134 valence electrons. The van der Waals surface area contributed by atoms with E-state index in [0.717, 1.165) is 22.9 Å². The number of nitrogens with one attached hydrogen (secondary N) is 3. The summed E-state index contributed by atoms with van der Waals surface area (Å²) in [5.74, 6) is -1.35. The van der Waals surface area contributed by atoms with Crippen molar-refractivity contribution < 1.29 is 9.59 Å². The van der Waals surface area contributed by atoms with Gasteiger partial charge in [0.15, 0.2) is 0 Å². The number of Topliss-reactive ketones (excluding diaryl/α,β-unsaturated/α-hetero) is 1. The third-order valence-electron chi connectivity index (χ3n) is 4.61. The van der Waals surface area contributed by atoms with Crippen LogP contribution in [0.3, 0.4) is 0 Å². The second kappa shape index (κ2) is 6.57. The van der Waals surface area contributed by atoms with Gasteiger partial charge in [0.1, 0.15) is 0 Å². The smallest absolute Gasteiger partial charge is 0.296 e. The average molecular weight is 359 g/mol. The molecule has 0 fully saturated rings. The molecule has 2 aromatic carbocycles. The number of pyridine rings is 1. The van der Waals surface area contributed by atoms with E-state index in [9.17, 15) is 14.4 Å². The van der Waals surface area contributed by atoms with E-state index in [4.69, 9.17) is 0 Å². The molecule has 0 spiro atoms. The van der Waals surface area contributed by atoms with Crippen molar-refractivity contribution in [3.63, 3.8) is 0 Å². The molecule has 4 rings (SSSR count). The van der Waals surface area contributed by atoms with Crippen molar-refractivity contribution in [3.05, 3.63) is 76.2 Å². The molecule has 0 aliphatic rings. The number of fused-ring (bicyclic) bond motifs is 2. The molecule has 0 radical (unpaired) electrons. The average Bonchev–Trinajstić information content (AvgIpc) is 3.10. The quantitative estimate of drug-likeness (QED) is 0.385. The summed E-state index contributed by atoms with van der Waals surface area (Å²) in [6.07, 6.45) is 2.27. The monoisotopic (exact) mass is 359 g/mol. The van der Waals surface area contributed by atoms with Crippen LogP contribution in [0.15, 0.2) is 59.5 Å². The van der Waals surface area contributed by atoms with Crippen LogP contribution in [0.4, 0.5) is 5.69 Å². The van der Waals surface area contributed by atoms with Gasteiger partial charge >= 0.3 is 0 Å². The van der Waals surface area contributed by atoms with E-state index < -0.39 is 11.7 Å². The van der Waals surface area contributed by atoms with Crippen LogP contribution in [-0.2, 0) is 11.2 Å². The van der Waals surface area contributed by atoms with Crippen LogP contribution < -0.4 is 10.9 Å². The molecule has 0 saturated carbocycles. The molecule has 2 aromatic heterocycles. The first kappa shape index (κ1) is 16.8. The summed E-state index contributed by atoms with van der Waals surface area (Å²) in [6.45, 7) is 1.98. The first-order valence-electron chi connectivity index (χ1n) is 8.64. The molecular formula is C21H17N3O3. The van der Waals surface area contributed by atoms with Gasteiger partial charge in [-0.1, -0.05) is 31.2 Å². The number of benzene rings is 2. The third kappa shape index (κ3) is 3.01. The minimum atomic E-state index is -0.729. The van der Waals surface area contributed by atoms with Crippen LogP contribution >= 0.6 is 0 Å². The van der Waals surface area contributed by atoms with Gasteiger partial charge in [0.2, 0.25) is 5.56 Å². The van der Waals surface area contributed by atoms with E-state index in [1.807, 2.05) is 31.2 Å². The number of hydrogen-bond donors (Lipinski definition) is 3. The number of aryl methyl sites for hydroxylation is 1. The second-order valence-electron chi connectivity index (χ2n) is 6.30. The number of aromatic nitrogens is 2. The number of carbonyl (C=O) groups excluding carboxylic acids is 2. The molecule has 6 nitrogen and oxygen atoms in total. The summed E-state index contributed by atoms with van der Waals surface area (Å²) in [5.41, 5.74) is 2.93. The minimum absolute atomic E-state index is 0.197. The summed E-state index contributed by atoms with van der Waals surface area (Å²) in [4.78, 5) is 42.5. The number of rotatable bonds is 4. The Hall–Kier alpha value is -3.67. The first-order chi connectivity index (χ1) is 13.1. The largest absolute Gasteiger partial charge is 0.360 e. The lowest BCUT2D eigenvalue weighted by molar-refractivity contribution is -0.112. The Morgan fingerprint density at radius 3 is 2.63 bits per heavy atom. The van der Waals surface area contributed by atoms with Crippen LogP contribution in [0.25, 0.3) is 21.8 Å². The number of ketones is 1. The summed E-state index contributed by atoms with van der Waals surface area (Å²) < 4.78 is 0. The van der Waals surface area contributed by atoms with Crippen LogP contribution in [0.1, 0.15) is 22.8 Å². The van der Waals surface area contributed by atoms with Gasteiger partial charge in [-0.2, -0.15) is 0 Å².